The first kappa shape index (κ1) is 18.6. The van der Waals surface area contributed by atoms with Crippen molar-refractivity contribution in [1.29, 1.82) is 0 Å². The highest BCUT2D eigenvalue weighted by Crippen LogP contribution is 2.23. The van der Waals surface area contributed by atoms with Gasteiger partial charge in [0.2, 0.25) is 0 Å². The number of carbonyl (C=O) groups excluding carboxylic acids is 2. The predicted octanol–water partition coefficient (Wildman–Crippen LogP) is 1.13. The molecule has 142 valence electrons. The second kappa shape index (κ2) is 7.61. The fourth-order valence-electron chi connectivity index (χ4n) is 3.17. The van der Waals surface area contributed by atoms with Gasteiger partial charge in [0.1, 0.15) is 0 Å². The Morgan fingerprint density at radius 2 is 2.00 bits per heavy atom. The lowest BCUT2D eigenvalue weighted by Gasteiger charge is -2.18. The van der Waals surface area contributed by atoms with Gasteiger partial charge in [0, 0.05) is 48.8 Å². The molecule has 1 aliphatic rings. The second-order valence-corrected chi connectivity index (χ2v) is 6.61. The first-order valence-corrected chi connectivity index (χ1v) is 8.86. The van der Waals surface area contributed by atoms with E-state index in [0.717, 1.165) is 16.9 Å². The molecule has 1 saturated heterocycles. The second-order valence-electron chi connectivity index (χ2n) is 6.61. The first-order valence-electron chi connectivity index (χ1n) is 8.86. The van der Waals surface area contributed by atoms with Crippen LogP contribution in [0.25, 0.3) is 0 Å². The Bertz CT molecular complexity index is 951. The van der Waals surface area contributed by atoms with Gasteiger partial charge in [-0.15, -0.1) is 0 Å². The summed E-state index contributed by atoms with van der Waals surface area (Å²) >= 11 is 0. The standard InChI is InChI=1S/C19H23N5O3/c1-12-4-5-15(11-16(12)24-9-7-21-18(24)26)17(25)20-6-8-23-14(3)10-13(2)22-19(23)27/h4-5,10-11H,6-9H2,1-3H3,(H,20,25)(H,21,26). The van der Waals surface area contributed by atoms with Crippen LogP contribution in [-0.2, 0) is 6.54 Å². The van der Waals surface area contributed by atoms with Gasteiger partial charge in [0.05, 0.1) is 0 Å². The molecule has 1 aromatic heterocycles. The average Bonchev–Trinajstić information content (AvgIpc) is 3.03. The molecule has 1 fully saturated rings. The van der Waals surface area contributed by atoms with Crippen molar-refractivity contribution in [2.75, 3.05) is 24.5 Å². The Labute approximate surface area is 157 Å². The van der Waals surface area contributed by atoms with Crippen molar-refractivity contribution < 1.29 is 9.59 Å². The Kier molecular flexibility index (Phi) is 5.25. The minimum atomic E-state index is -0.320. The number of aromatic nitrogens is 2. The van der Waals surface area contributed by atoms with Crippen molar-refractivity contribution in [3.05, 3.63) is 57.3 Å². The van der Waals surface area contributed by atoms with Crippen LogP contribution in [0.5, 0.6) is 0 Å². The maximum Gasteiger partial charge on any atom is 0.348 e. The van der Waals surface area contributed by atoms with E-state index in [1.807, 2.05) is 26.0 Å². The Balaban J connectivity index is 1.68. The van der Waals surface area contributed by atoms with Crippen LogP contribution in [-0.4, -0.2) is 41.1 Å². The number of carbonyl (C=O) groups is 2. The normalized spacial score (nSPS) is 13.6. The maximum atomic E-state index is 12.5. The summed E-state index contributed by atoms with van der Waals surface area (Å²) in [6.07, 6.45) is 0. The van der Waals surface area contributed by atoms with Crippen LogP contribution in [0.15, 0.2) is 29.1 Å². The molecule has 0 radical (unpaired) electrons. The van der Waals surface area contributed by atoms with Crippen LogP contribution in [0.4, 0.5) is 10.5 Å². The zero-order valence-electron chi connectivity index (χ0n) is 15.7. The summed E-state index contributed by atoms with van der Waals surface area (Å²) in [4.78, 5) is 41.9. The van der Waals surface area contributed by atoms with Gasteiger partial charge in [-0.1, -0.05) is 6.07 Å². The van der Waals surface area contributed by atoms with E-state index in [9.17, 15) is 14.4 Å². The van der Waals surface area contributed by atoms with E-state index in [1.54, 1.807) is 24.0 Å². The Morgan fingerprint density at radius 3 is 2.67 bits per heavy atom. The molecule has 8 nitrogen and oxygen atoms in total. The van der Waals surface area contributed by atoms with Crippen LogP contribution in [0.3, 0.4) is 0 Å². The number of rotatable bonds is 5. The van der Waals surface area contributed by atoms with E-state index in [2.05, 4.69) is 15.6 Å². The molecular weight excluding hydrogens is 346 g/mol. The van der Waals surface area contributed by atoms with Gasteiger partial charge in [-0.3, -0.25) is 14.3 Å². The number of aryl methyl sites for hydroxylation is 3. The molecule has 27 heavy (non-hydrogen) atoms. The van der Waals surface area contributed by atoms with E-state index < -0.39 is 0 Å². The predicted molar refractivity (Wildman–Crippen MR) is 102 cm³/mol. The van der Waals surface area contributed by atoms with Crippen LogP contribution in [0.1, 0.15) is 27.3 Å². The lowest BCUT2D eigenvalue weighted by molar-refractivity contribution is 0.0952. The quantitative estimate of drug-likeness (QED) is 0.826. The number of anilines is 1. The summed E-state index contributed by atoms with van der Waals surface area (Å²) in [7, 11) is 0. The lowest BCUT2D eigenvalue weighted by Crippen LogP contribution is -2.33. The molecule has 3 amide bonds. The van der Waals surface area contributed by atoms with Gasteiger partial charge in [0.15, 0.2) is 0 Å². The number of urea groups is 1. The molecule has 2 N–H and O–H groups in total. The fourth-order valence-corrected chi connectivity index (χ4v) is 3.17. The summed E-state index contributed by atoms with van der Waals surface area (Å²) in [6.45, 7) is 7.33. The molecule has 0 spiro atoms. The minimum absolute atomic E-state index is 0.155. The maximum absolute atomic E-state index is 12.5. The molecule has 2 heterocycles. The van der Waals surface area contributed by atoms with Gasteiger partial charge >= 0.3 is 11.7 Å². The van der Waals surface area contributed by atoms with Crippen molar-refractivity contribution in [1.82, 2.24) is 20.2 Å². The van der Waals surface area contributed by atoms with E-state index in [-0.39, 0.29) is 17.6 Å². The van der Waals surface area contributed by atoms with Gasteiger partial charge in [-0.05, 0) is 44.5 Å². The zero-order chi connectivity index (χ0) is 19.6. The van der Waals surface area contributed by atoms with Crippen LogP contribution < -0.4 is 21.2 Å². The third-order valence-corrected chi connectivity index (χ3v) is 4.59. The Hall–Kier alpha value is -3.16. The summed E-state index contributed by atoms with van der Waals surface area (Å²) in [5.74, 6) is -0.248. The average molecular weight is 369 g/mol. The number of amides is 3. The van der Waals surface area contributed by atoms with Gasteiger partial charge in [0.25, 0.3) is 5.91 Å². The molecule has 0 aliphatic carbocycles. The highest BCUT2D eigenvalue weighted by atomic mass is 16.2. The summed E-state index contributed by atoms with van der Waals surface area (Å²) in [5.41, 5.74) is 3.29. The van der Waals surface area contributed by atoms with Crippen LogP contribution in [0.2, 0.25) is 0 Å². The molecule has 1 aromatic carbocycles. The molecule has 8 heteroatoms. The molecule has 2 aromatic rings. The van der Waals surface area contributed by atoms with Crippen molar-refractivity contribution in [3.63, 3.8) is 0 Å². The minimum Gasteiger partial charge on any atom is -0.350 e. The van der Waals surface area contributed by atoms with E-state index in [1.165, 1.54) is 4.57 Å². The van der Waals surface area contributed by atoms with Crippen molar-refractivity contribution in [2.45, 2.75) is 27.3 Å². The first-order chi connectivity index (χ1) is 12.9. The monoisotopic (exact) mass is 369 g/mol. The third-order valence-electron chi connectivity index (χ3n) is 4.59. The molecule has 0 atom stereocenters. The van der Waals surface area contributed by atoms with Gasteiger partial charge in [-0.2, -0.15) is 4.98 Å². The van der Waals surface area contributed by atoms with Gasteiger partial charge in [-0.25, -0.2) is 9.59 Å². The lowest BCUT2D eigenvalue weighted by atomic mass is 10.1. The molecule has 0 bridgehead atoms. The molecule has 1 aliphatic heterocycles. The zero-order valence-corrected chi connectivity index (χ0v) is 15.7. The smallest absolute Gasteiger partial charge is 0.348 e. The summed E-state index contributed by atoms with van der Waals surface area (Å²) < 4.78 is 1.53. The molecule has 3 rings (SSSR count). The van der Waals surface area contributed by atoms with Crippen molar-refractivity contribution in [3.8, 4) is 0 Å². The molecule has 0 saturated carbocycles. The number of benzene rings is 1. The summed E-state index contributed by atoms with van der Waals surface area (Å²) in [5, 5.41) is 5.58. The van der Waals surface area contributed by atoms with E-state index in [4.69, 9.17) is 0 Å². The fraction of sp³-hybridized carbons (Fsp3) is 0.368. The molecule has 0 unspecified atom stereocenters. The van der Waals surface area contributed by atoms with Crippen molar-refractivity contribution in [2.24, 2.45) is 0 Å². The largest absolute Gasteiger partial charge is 0.350 e. The third kappa shape index (κ3) is 3.99. The van der Waals surface area contributed by atoms with E-state index >= 15 is 0 Å². The number of hydrogen-bond donors (Lipinski definition) is 2. The SMILES string of the molecule is Cc1cc(C)n(CCNC(=O)c2ccc(C)c(N3CCNC3=O)c2)c(=O)n1. The number of nitrogens with zero attached hydrogens (tertiary/aromatic N) is 3. The van der Waals surface area contributed by atoms with E-state index in [0.29, 0.717) is 37.4 Å². The van der Waals surface area contributed by atoms with Crippen LogP contribution >= 0.6 is 0 Å². The number of nitrogens with one attached hydrogen (secondary N) is 2. The highest BCUT2D eigenvalue weighted by molar-refractivity contribution is 5.99. The van der Waals surface area contributed by atoms with Crippen molar-refractivity contribution >= 4 is 17.6 Å². The number of hydrogen-bond acceptors (Lipinski definition) is 4. The van der Waals surface area contributed by atoms with Crippen LogP contribution in [0, 0.1) is 20.8 Å². The molecular formula is C19H23N5O3. The topological polar surface area (TPSA) is 96.3 Å². The highest BCUT2D eigenvalue weighted by Gasteiger charge is 2.23. The van der Waals surface area contributed by atoms with Gasteiger partial charge < -0.3 is 10.6 Å². The Morgan fingerprint density at radius 1 is 1.22 bits per heavy atom. The summed E-state index contributed by atoms with van der Waals surface area (Å²) in [6, 6.07) is 6.95.